The van der Waals surface area contributed by atoms with Crippen LogP contribution in [-0.4, -0.2) is 14.8 Å². The van der Waals surface area contributed by atoms with Crippen molar-refractivity contribution in [1.82, 2.24) is 14.8 Å². The molecule has 0 spiro atoms. The van der Waals surface area contributed by atoms with Crippen molar-refractivity contribution in [2.75, 3.05) is 0 Å². The van der Waals surface area contributed by atoms with Gasteiger partial charge in [0.15, 0.2) is 5.82 Å². The van der Waals surface area contributed by atoms with E-state index in [0.29, 0.717) is 0 Å². The van der Waals surface area contributed by atoms with Gasteiger partial charge in [-0.15, -0.1) is 16.4 Å². The molecule has 0 bridgehead atoms. The summed E-state index contributed by atoms with van der Waals surface area (Å²) in [6.45, 7) is 0.946. The molecule has 2 aromatic heterocycles. The maximum Gasteiger partial charge on any atom is 0.191 e. The lowest BCUT2D eigenvalue weighted by Gasteiger charge is -2.17. The molecular weight excluding hydrogens is 208 g/mol. The van der Waals surface area contributed by atoms with Crippen molar-refractivity contribution in [3.8, 4) is 10.7 Å². The Bertz CT molecular complexity index is 460. The molecule has 0 aromatic carbocycles. The van der Waals surface area contributed by atoms with Gasteiger partial charge in [0.05, 0.1) is 10.9 Å². The van der Waals surface area contributed by atoms with E-state index in [4.69, 9.17) is 5.73 Å². The third-order valence-electron chi connectivity index (χ3n) is 2.66. The fourth-order valence-electron chi connectivity index (χ4n) is 1.89. The SMILES string of the molecule is NC1CCCn2nc(-c3cccs3)nc21. The minimum atomic E-state index is 0.0555. The molecule has 1 aliphatic rings. The summed E-state index contributed by atoms with van der Waals surface area (Å²) in [5, 5.41) is 6.52. The number of aromatic nitrogens is 3. The lowest BCUT2D eigenvalue weighted by Crippen LogP contribution is -2.22. The molecule has 2 aromatic rings. The van der Waals surface area contributed by atoms with E-state index in [9.17, 15) is 0 Å². The van der Waals surface area contributed by atoms with Crippen LogP contribution in [0.4, 0.5) is 0 Å². The molecule has 5 heteroatoms. The summed E-state index contributed by atoms with van der Waals surface area (Å²) in [6.07, 6.45) is 2.12. The highest BCUT2D eigenvalue weighted by Crippen LogP contribution is 2.26. The Labute approximate surface area is 91.7 Å². The minimum absolute atomic E-state index is 0.0555. The lowest BCUT2D eigenvalue weighted by molar-refractivity contribution is 0.422. The highest BCUT2D eigenvalue weighted by molar-refractivity contribution is 7.13. The van der Waals surface area contributed by atoms with Crippen molar-refractivity contribution in [2.24, 2.45) is 5.73 Å². The van der Waals surface area contributed by atoms with E-state index >= 15 is 0 Å². The van der Waals surface area contributed by atoms with Gasteiger partial charge in [-0.2, -0.15) is 0 Å². The maximum atomic E-state index is 5.99. The first kappa shape index (κ1) is 9.06. The number of fused-ring (bicyclic) bond motifs is 1. The summed E-state index contributed by atoms with van der Waals surface area (Å²) in [6, 6.07) is 4.11. The summed E-state index contributed by atoms with van der Waals surface area (Å²) in [5.74, 6) is 1.75. The second-order valence-electron chi connectivity index (χ2n) is 3.74. The van der Waals surface area contributed by atoms with E-state index in [-0.39, 0.29) is 6.04 Å². The molecule has 0 saturated carbocycles. The predicted octanol–water partition coefficient (Wildman–Crippen LogP) is 1.80. The number of rotatable bonds is 1. The van der Waals surface area contributed by atoms with Gasteiger partial charge < -0.3 is 5.73 Å². The monoisotopic (exact) mass is 220 g/mol. The quantitative estimate of drug-likeness (QED) is 0.797. The van der Waals surface area contributed by atoms with Crippen LogP contribution in [0.15, 0.2) is 17.5 Å². The number of hydrogen-bond donors (Lipinski definition) is 1. The maximum absolute atomic E-state index is 5.99. The number of nitrogens with two attached hydrogens (primary N) is 1. The summed E-state index contributed by atoms with van der Waals surface area (Å²) in [4.78, 5) is 5.63. The van der Waals surface area contributed by atoms with E-state index in [1.54, 1.807) is 11.3 Å². The summed E-state index contributed by atoms with van der Waals surface area (Å²) < 4.78 is 1.95. The van der Waals surface area contributed by atoms with E-state index in [1.807, 2.05) is 22.2 Å². The van der Waals surface area contributed by atoms with Crippen LogP contribution in [0.2, 0.25) is 0 Å². The third-order valence-corrected chi connectivity index (χ3v) is 3.52. The Morgan fingerprint density at radius 2 is 2.47 bits per heavy atom. The number of thiophene rings is 1. The van der Waals surface area contributed by atoms with Gasteiger partial charge in [0.1, 0.15) is 5.82 Å². The van der Waals surface area contributed by atoms with Crippen molar-refractivity contribution in [3.63, 3.8) is 0 Å². The molecule has 0 amide bonds. The lowest BCUT2D eigenvalue weighted by atomic mass is 10.1. The normalized spacial score (nSPS) is 20.2. The Hall–Kier alpha value is -1.20. The van der Waals surface area contributed by atoms with Gasteiger partial charge in [0.2, 0.25) is 0 Å². The second-order valence-corrected chi connectivity index (χ2v) is 4.69. The average Bonchev–Trinajstić information content (AvgIpc) is 2.86. The fraction of sp³-hybridized carbons (Fsp3) is 0.400. The van der Waals surface area contributed by atoms with Gasteiger partial charge in [-0.25, -0.2) is 9.67 Å². The first-order chi connectivity index (χ1) is 7.34. The Morgan fingerprint density at radius 1 is 1.53 bits per heavy atom. The molecule has 0 aliphatic carbocycles. The molecule has 0 radical (unpaired) electrons. The predicted molar refractivity (Wildman–Crippen MR) is 59.5 cm³/mol. The molecule has 0 fully saturated rings. The van der Waals surface area contributed by atoms with Crippen molar-refractivity contribution < 1.29 is 0 Å². The van der Waals surface area contributed by atoms with Gasteiger partial charge in [0.25, 0.3) is 0 Å². The van der Waals surface area contributed by atoms with Gasteiger partial charge in [-0.1, -0.05) is 6.07 Å². The zero-order valence-corrected chi connectivity index (χ0v) is 9.07. The molecule has 3 heterocycles. The fourth-order valence-corrected chi connectivity index (χ4v) is 2.55. The molecule has 1 unspecified atom stereocenters. The molecule has 15 heavy (non-hydrogen) atoms. The van der Waals surface area contributed by atoms with Gasteiger partial charge >= 0.3 is 0 Å². The molecular formula is C10H12N4S. The zero-order valence-electron chi connectivity index (χ0n) is 8.26. The van der Waals surface area contributed by atoms with Crippen molar-refractivity contribution in [3.05, 3.63) is 23.3 Å². The van der Waals surface area contributed by atoms with Crippen molar-refractivity contribution >= 4 is 11.3 Å². The number of nitrogens with zero attached hydrogens (tertiary/aromatic N) is 3. The van der Waals surface area contributed by atoms with Crippen LogP contribution in [0, 0.1) is 0 Å². The molecule has 4 nitrogen and oxygen atoms in total. The Balaban J connectivity index is 2.06. The van der Waals surface area contributed by atoms with Crippen LogP contribution in [0.5, 0.6) is 0 Å². The molecule has 78 valence electrons. The average molecular weight is 220 g/mol. The molecule has 1 atom stereocenters. The molecule has 0 saturated heterocycles. The molecule has 1 aliphatic heterocycles. The van der Waals surface area contributed by atoms with Crippen LogP contribution < -0.4 is 5.73 Å². The van der Waals surface area contributed by atoms with Crippen LogP contribution in [0.3, 0.4) is 0 Å². The first-order valence-electron chi connectivity index (χ1n) is 5.09. The van der Waals surface area contributed by atoms with Gasteiger partial charge in [-0.05, 0) is 24.3 Å². The van der Waals surface area contributed by atoms with Gasteiger partial charge in [0, 0.05) is 6.54 Å². The van der Waals surface area contributed by atoms with Crippen LogP contribution in [-0.2, 0) is 6.54 Å². The summed E-state index contributed by atoms with van der Waals surface area (Å²) >= 11 is 1.66. The zero-order chi connectivity index (χ0) is 10.3. The Morgan fingerprint density at radius 3 is 3.20 bits per heavy atom. The largest absolute Gasteiger partial charge is 0.321 e. The van der Waals surface area contributed by atoms with Crippen LogP contribution in [0.1, 0.15) is 24.7 Å². The molecule has 3 rings (SSSR count). The van der Waals surface area contributed by atoms with Crippen molar-refractivity contribution in [1.29, 1.82) is 0 Å². The minimum Gasteiger partial charge on any atom is -0.321 e. The van der Waals surface area contributed by atoms with Crippen LogP contribution in [0.25, 0.3) is 10.7 Å². The standard InChI is InChI=1S/C10H12N4S/c11-7-3-1-5-14-10(7)12-9(13-14)8-4-2-6-15-8/h2,4,6-7H,1,3,5,11H2. The van der Waals surface area contributed by atoms with Crippen molar-refractivity contribution in [2.45, 2.75) is 25.4 Å². The highest BCUT2D eigenvalue weighted by Gasteiger charge is 2.21. The third kappa shape index (κ3) is 1.48. The van der Waals surface area contributed by atoms with Gasteiger partial charge in [-0.3, -0.25) is 0 Å². The van der Waals surface area contributed by atoms with E-state index in [2.05, 4.69) is 10.1 Å². The number of hydrogen-bond acceptors (Lipinski definition) is 4. The topological polar surface area (TPSA) is 56.7 Å². The van der Waals surface area contributed by atoms with E-state index in [0.717, 1.165) is 35.9 Å². The summed E-state index contributed by atoms with van der Waals surface area (Å²) in [7, 11) is 0. The smallest absolute Gasteiger partial charge is 0.191 e. The van der Waals surface area contributed by atoms with E-state index in [1.165, 1.54) is 0 Å². The highest BCUT2D eigenvalue weighted by atomic mass is 32.1. The Kier molecular flexibility index (Phi) is 2.07. The first-order valence-corrected chi connectivity index (χ1v) is 5.97. The van der Waals surface area contributed by atoms with Crippen LogP contribution >= 0.6 is 11.3 Å². The van der Waals surface area contributed by atoms with E-state index < -0.39 is 0 Å². The summed E-state index contributed by atoms with van der Waals surface area (Å²) in [5.41, 5.74) is 5.99. The molecule has 2 N–H and O–H groups in total. The number of aryl methyl sites for hydroxylation is 1. The second kappa shape index (κ2) is 3.43.